The average Bonchev–Trinajstić information content (AvgIpc) is 2.97. The zero-order valence-corrected chi connectivity index (χ0v) is 15.6. The van der Waals surface area contributed by atoms with E-state index in [-0.39, 0.29) is 24.8 Å². The summed E-state index contributed by atoms with van der Waals surface area (Å²) in [7, 11) is 0. The largest absolute Gasteiger partial charge is 0.372 e. The average molecular weight is 365 g/mol. The van der Waals surface area contributed by atoms with Crippen molar-refractivity contribution in [2.45, 2.75) is 32.1 Å². The Balaban J connectivity index is 1.44. The number of carbonyl (C=O) groups is 2. The van der Waals surface area contributed by atoms with E-state index in [1.165, 1.54) is 31.4 Å². The molecule has 2 amide bonds. The van der Waals surface area contributed by atoms with Crippen LogP contribution in [0, 0.1) is 0 Å². The molecule has 0 radical (unpaired) electrons. The van der Waals surface area contributed by atoms with Crippen molar-refractivity contribution in [1.29, 1.82) is 0 Å². The van der Waals surface area contributed by atoms with Crippen molar-refractivity contribution in [3.05, 3.63) is 60.2 Å². The van der Waals surface area contributed by atoms with Gasteiger partial charge in [-0.1, -0.05) is 43.2 Å². The van der Waals surface area contributed by atoms with E-state index in [2.05, 4.69) is 27.7 Å². The van der Waals surface area contributed by atoms with Crippen LogP contribution in [0.3, 0.4) is 0 Å². The molecule has 0 spiro atoms. The highest BCUT2D eigenvalue weighted by Crippen LogP contribution is 2.21. The summed E-state index contributed by atoms with van der Waals surface area (Å²) in [5.41, 5.74) is 2.88. The lowest BCUT2D eigenvalue weighted by Crippen LogP contribution is -2.33. The Hall–Kier alpha value is -2.82. The van der Waals surface area contributed by atoms with E-state index in [4.69, 9.17) is 0 Å². The molecule has 0 aliphatic carbocycles. The molecule has 0 unspecified atom stereocenters. The van der Waals surface area contributed by atoms with E-state index >= 15 is 0 Å². The van der Waals surface area contributed by atoms with E-state index in [9.17, 15) is 9.59 Å². The highest BCUT2D eigenvalue weighted by molar-refractivity contribution is 5.94. The highest BCUT2D eigenvalue weighted by atomic mass is 16.2. The maximum absolute atomic E-state index is 12.1. The summed E-state index contributed by atoms with van der Waals surface area (Å²) in [5, 5.41) is 5.49. The Kier molecular flexibility index (Phi) is 6.85. The Morgan fingerprint density at radius 3 is 2.15 bits per heavy atom. The molecule has 3 rings (SSSR count). The van der Waals surface area contributed by atoms with Crippen LogP contribution in [0.25, 0.3) is 0 Å². The van der Waals surface area contributed by atoms with Gasteiger partial charge >= 0.3 is 0 Å². The van der Waals surface area contributed by atoms with Gasteiger partial charge in [-0.05, 0) is 42.7 Å². The molecule has 1 saturated heterocycles. The molecular weight excluding hydrogens is 338 g/mol. The van der Waals surface area contributed by atoms with Gasteiger partial charge in [0, 0.05) is 24.5 Å². The molecule has 142 valence electrons. The fourth-order valence-electron chi connectivity index (χ4n) is 3.31. The molecule has 1 heterocycles. The normalized spacial score (nSPS) is 14.3. The Labute approximate surface area is 160 Å². The van der Waals surface area contributed by atoms with Crippen LogP contribution in [0.4, 0.5) is 11.4 Å². The monoisotopic (exact) mass is 365 g/mol. The van der Waals surface area contributed by atoms with E-state index in [0.29, 0.717) is 0 Å². The molecule has 2 N–H and O–H groups in total. The number of nitrogens with zero attached hydrogens (tertiary/aromatic N) is 1. The zero-order chi connectivity index (χ0) is 18.9. The van der Waals surface area contributed by atoms with E-state index in [0.717, 1.165) is 24.3 Å². The standard InChI is InChI=1S/C22H27N3O2/c26-21(16-18-8-4-3-5-9-18)23-17-22(27)24-19-10-12-20(13-11-19)25-14-6-1-2-7-15-25/h3-5,8-13H,1-2,6-7,14-17H2,(H,23,26)(H,24,27). The summed E-state index contributed by atoms with van der Waals surface area (Å²) in [6, 6.07) is 17.4. The van der Waals surface area contributed by atoms with Gasteiger partial charge in [-0.25, -0.2) is 0 Å². The van der Waals surface area contributed by atoms with Crippen molar-refractivity contribution in [1.82, 2.24) is 5.32 Å². The predicted octanol–water partition coefficient (Wildman–Crippen LogP) is 3.36. The van der Waals surface area contributed by atoms with Crippen molar-refractivity contribution in [2.75, 3.05) is 29.9 Å². The van der Waals surface area contributed by atoms with E-state index in [1.54, 1.807) is 0 Å². The van der Waals surface area contributed by atoms with Crippen LogP contribution in [0.2, 0.25) is 0 Å². The molecule has 1 aliphatic heterocycles. The molecule has 0 atom stereocenters. The van der Waals surface area contributed by atoms with Crippen LogP contribution in [0.5, 0.6) is 0 Å². The molecule has 2 aromatic carbocycles. The van der Waals surface area contributed by atoms with Gasteiger partial charge < -0.3 is 15.5 Å². The third-order valence-electron chi connectivity index (χ3n) is 4.78. The van der Waals surface area contributed by atoms with Crippen LogP contribution in [-0.4, -0.2) is 31.4 Å². The molecule has 5 heteroatoms. The molecule has 0 aromatic heterocycles. The van der Waals surface area contributed by atoms with Gasteiger partial charge in [0.1, 0.15) is 0 Å². The van der Waals surface area contributed by atoms with Crippen LogP contribution < -0.4 is 15.5 Å². The minimum Gasteiger partial charge on any atom is -0.372 e. The van der Waals surface area contributed by atoms with Crippen molar-refractivity contribution < 1.29 is 9.59 Å². The SMILES string of the molecule is O=C(Cc1ccccc1)NCC(=O)Nc1ccc(N2CCCCCC2)cc1. The maximum Gasteiger partial charge on any atom is 0.243 e. The van der Waals surface area contributed by atoms with Gasteiger partial charge in [0.25, 0.3) is 0 Å². The zero-order valence-electron chi connectivity index (χ0n) is 15.6. The number of rotatable bonds is 6. The predicted molar refractivity (Wildman–Crippen MR) is 109 cm³/mol. The Morgan fingerprint density at radius 2 is 1.48 bits per heavy atom. The molecule has 0 bridgehead atoms. The van der Waals surface area contributed by atoms with Gasteiger partial charge in [0.2, 0.25) is 11.8 Å². The van der Waals surface area contributed by atoms with Gasteiger partial charge in [0.15, 0.2) is 0 Å². The molecule has 1 fully saturated rings. The first kappa shape index (κ1) is 19.0. The summed E-state index contributed by atoms with van der Waals surface area (Å²) in [6.45, 7) is 2.16. The second-order valence-corrected chi connectivity index (χ2v) is 6.94. The Bertz CT molecular complexity index is 736. The third-order valence-corrected chi connectivity index (χ3v) is 4.78. The summed E-state index contributed by atoms with van der Waals surface area (Å²) >= 11 is 0. The van der Waals surface area contributed by atoms with Crippen molar-refractivity contribution >= 4 is 23.2 Å². The summed E-state index contributed by atoms with van der Waals surface area (Å²) in [4.78, 5) is 26.4. The van der Waals surface area contributed by atoms with Crippen molar-refractivity contribution in [3.63, 3.8) is 0 Å². The number of hydrogen-bond donors (Lipinski definition) is 2. The second kappa shape index (κ2) is 9.76. The van der Waals surface area contributed by atoms with Crippen LogP contribution in [-0.2, 0) is 16.0 Å². The first-order valence-corrected chi connectivity index (χ1v) is 9.66. The van der Waals surface area contributed by atoms with Crippen LogP contribution in [0.15, 0.2) is 54.6 Å². The summed E-state index contributed by atoms with van der Waals surface area (Å²) < 4.78 is 0. The smallest absolute Gasteiger partial charge is 0.243 e. The molecule has 2 aromatic rings. The number of nitrogens with one attached hydrogen (secondary N) is 2. The fourth-order valence-corrected chi connectivity index (χ4v) is 3.31. The van der Waals surface area contributed by atoms with E-state index < -0.39 is 0 Å². The first-order valence-electron chi connectivity index (χ1n) is 9.66. The number of carbonyl (C=O) groups excluding carboxylic acids is 2. The molecule has 27 heavy (non-hydrogen) atoms. The van der Waals surface area contributed by atoms with Crippen LogP contribution >= 0.6 is 0 Å². The minimum absolute atomic E-state index is 0.0282. The topological polar surface area (TPSA) is 61.4 Å². The molecule has 1 aliphatic rings. The van der Waals surface area contributed by atoms with Gasteiger partial charge in [0.05, 0.1) is 13.0 Å². The Morgan fingerprint density at radius 1 is 0.815 bits per heavy atom. The quantitative estimate of drug-likeness (QED) is 0.825. The lowest BCUT2D eigenvalue weighted by Gasteiger charge is -2.22. The third kappa shape index (κ3) is 6.13. The van der Waals surface area contributed by atoms with Crippen molar-refractivity contribution in [2.24, 2.45) is 0 Å². The fraction of sp³-hybridized carbons (Fsp3) is 0.364. The van der Waals surface area contributed by atoms with Crippen molar-refractivity contribution in [3.8, 4) is 0 Å². The van der Waals surface area contributed by atoms with E-state index in [1.807, 2.05) is 42.5 Å². The highest BCUT2D eigenvalue weighted by Gasteiger charge is 2.10. The summed E-state index contributed by atoms with van der Waals surface area (Å²) in [6.07, 6.45) is 5.36. The van der Waals surface area contributed by atoms with Gasteiger partial charge in [-0.2, -0.15) is 0 Å². The molecule has 0 saturated carbocycles. The molecular formula is C22H27N3O2. The lowest BCUT2D eigenvalue weighted by molar-refractivity contribution is -0.123. The van der Waals surface area contributed by atoms with Crippen LogP contribution in [0.1, 0.15) is 31.2 Å². The first-order chi connectivity index (χ1) is 13.2. The number of hydrogen-bond acceptors (Lipinski definition) is 3. The number of anilines is 2. The van der Waals surface area contributed by atoms with Gasteiger partial charge in [-0.3, -0.25) is 9.59 Å². The maximum atomic E-state index is 12.1. The van der Waals surface area contributed by atoms with Gasteiger partial charge in [-0.15, -0.1) is 0 Å². The second-order valence-electron chi connectivity index (χ2n) is 6.94. The number of benzene rings is 2. The number of amides is 2. The molecule has 5 nitrogen and oxygen atoms in total. The summed E-state index contributed by atoms with van der Waals surface area (Å²) in [5.74, 6) is -0.383. The lowest BCUT2D eigenvalue weighted by atomic mass is 10.1. The minimum atomic E-state index is -0.223.